The van der Waals surface area contributed by atoms with E-state index in [1.807, 2.05) is 63.4 Å². The number of rotatable bonds is 10. The molecule has 1 aliphatic heterocycles. The van der Waals surface area contributed by atoms with E-state index in [0.29, 0.717) is 5.56 Å². The van der Waals surface area contributed by atoms with Gasteiger partial charge in [0, 0.05) is 30.3 Å². The minimum absolute atomic E-state index is 0.0703. The second-order valence-electron chi connectivity index (χ2n) is 11.0. The molecule has 1 heterocycles. The molecule has 8 heteroatoms. The number of halogens is 2. The highest BCUT2D eigenvalue weighted by atomic mass is 32.2. The fourth-order valence-electron chi connectivity index (χ4n) is 4.62. The fraction of sp³-hybridized carbons (Fsp3) is 0.344. The molecule has 0 bridgehead atoms. The molecule has 0 saturated heterocycles. The lowest BCUT2D eigenvalue weighted by molar-refractivity contribution is -0.122. The average Bonchev–Trinajstić information content (AvgIpc) is 2.87. The van der Waals surface area contributed by atoms with E-state index in [-0.39, 0.29) is 30.9 Å². The number of aliphatic hydroxyl groups is 1. The van der Waals surface area contributed by atoms with Crippen LogP contribution in [0.5, 0.6) is 5.75 Å². The van der Waals surface area contributed by atoms with E-state index in [2.05, 4.69) is 22.8 Å². The van der Waals surface area contributed by atoms with Gasteiger partial charge in [-0.1, -0.05) is 36.4 Å². The van der Waals surface area contributed by atoms with Crippen molar-refractivity contribution >= 4 is 23.2 Å². The molecule has 212 valence electrons. The van der Waals surface area contributed by atoms with Crippen LogP contribution in [0.2, 0.25) is 0 Å². The van der Waals surface area contributed by atoms with Crippen LogP contribution in [-0.2, 0) is 23.4 Å². The summed E-state index contributed by atoms with van der Waals surface area (Å²) >= 11 is 1.80. The van der Waals surface area contributed by atoms with Crippen LogP contribution in [-0.4, -0.2) is 41.1 Å². The first kappa shape index (κ1) is 29.6. The molecule has 0 saturated carbocycles. The maximum Gasteiger partial charge on any atom is 0.224 e. The van der Waals surface area contributed by atoms with Crippen LogP contribution >= 0.6 is 11.8 Å². The Morgan fingerprint density at radius 3 is 2.45 bits per heavy atom. The molecule has 3 aromatic carbocycles. The fourth-order valence-corrected chi connectivity index (χ4v) is 5.65. The number of benzene rings is 3. The van der Waals surface area contributed by atoms with Gasteiger partial charge in [-0.25, -0.2) is 8.78 Å². The molecule has 1 aliphatic rings. The summed E-state index contributed by atoms with van der Waals surface area (Å²) in [5, 5.41) is 17.2. The summed E-state index contributed by atoms with van der Waals surface area (Å²) in [7, 11) is 0. The van der Waals surface area contributed by atoms with Crippen molar-refractivity contribution in [3.05, 3.63) is 107 Å². The van der Waals surface area contributed by atoms with E-state index < -0.39 is 23.8 Å². The van der Waals surface area contributed by atoms with E-state index in [4.69, 9.17) is 4.74 Å². The van der Waals surface area contributed by atoms with Crippen LogP contribution in [0, 0.1) is 11.6 Å². The molecule has 5 nitrogen and oxygen atoms in total. The standard InChI is InChI=1S/C32H36F2N2O3S/c1-32(2,3)39-27-10-9-23-19-40-20-24(28(23)16-27)17-35-18-30(37)29(13-22-11-25(33)15-26(34)12-22)36-31(38)14-21-7-5-4-6-8-21/h4-12,15-17,29-30,35,37H,13-14,18-20H2,1-3H3,(H,36,38)/t29-,30+/m0/s1. The van der Waals surface area contributed by atoms with E-state index in [1.54, 1.807) is 11.8 Å². The van der Waals surface area contributed by atoms with Crippen LogP contribution in [0.25, 0.3) is 5.57 Å². The van der Waals surface area contributed by atoms with Crippen molar-refractivity contribution in [2.75, 3.05) is 12.3 Å². The van der Waals surface area contributed by atoms with E-state index >= 15 is 0 Å². The largest absolute Gasteiger partial charge is 0.488 e. The van der Waals surface area contributed by atoms with Crippen molar-refractivity contribution in [1.29, 1.82) is 0 Å². The number of amides is 1. The summed E-state index contributed by atoms with van der Waals surface area (Å²) in [6.45, 7) is 6.16. The second kappa shape index (κ2) is 13.3. The number of aliphatic hydroxyl groups excluding tert-OH is 1. The SMILES string of the molecule is CC(C)(C)Oc1ccc2c(c1)C(=CNC[C@@H](O)[C@H](Cc1cc(F)cc(F)c1)NC(=O)Cc1ccccc1)CSC2. The normalized spacial score (nSPS) is 15.7. The number of ether oxygens (including phenoxy) is 1. The van der Waals surface area contributed by atoms with Crippen molar-refractivity contribution in [2.45, 2.75) is 57.1 Å². The van der Waals surface area contributed by atoms with Crippen molar-refractivity contribution in [2.24, 2.45) is 0 Å². The van der Waals surface area contributed by atoms with Crippen LogP contribution < -0.4 is 15.4 Å². The van der Waals surface area contributed by atoms with E-state index in [1.165, 1.54) is 17.7 Å². The second-order valence-corrected chi connectivity index (χ2v) is 12.0. The molecule has 0 aliphatic carbocycles. The summed E-state index contributed by atoms with van der Waals surface area (Å²) in [5.74, 6) is 0.816. The highest BCUT2D eigenvalue weighted by Gasteiger charge is 2.23. The highest BCUT2D eigenvalue weighted by molar-refractivity contribution is 7.99. The Labute approximate surface area is 239 Å². The van der Waals surface area contributed by atoms with Gasteiger partial charge < -0.3 is 20.5 Å². The Kier molecular flexibility index (Phi) is 9.87. The number of hydrogen-bond acceptors (Lipinski definition) is 5. The Balaban J connectivity index is 1.47. The Hall–Kier alpha value is -3.36. The van der Waals surface area contributed by atoms with Gasteiger partial charge in [0.2, 0.25) is 5.91 Å². The minimum Gasteiger partial charge on any atom is -0.488 e. The predicted molar refractivity (Wildman–Crippen MR) is 157 cm³/mol. The van der Waals surface area contributed by atoms with Crippen LogP contribution in [0.1, 0.15) is 43.0 Å². The predicted octanol–water partition coefficient (Wildman–Crippen LogP) is 5.65. The van der Waals surface area contributed by atoms with Gasteiger partial charge in [0.05, 0.1) is 18.6 Å². The number of carbonyl (C=O) groups excluding carboxylic acids is 1. The van der Waals surface area contributed by atoms with Gasteiger partial charge in [0.25, 0.3) is 0 Å². The van der Waals surface area contributed by atoms with E-state index in [0.717, 1.165) is 40.0 Å². The molecule has 3 aromatic rings. The third-order valence-electron chi connectivity index (χ3n) is 6.37. The molecule has 0 radical (unpaired) electrons. The molecule has 2 atom stereocenters. The lowest BCUT2D eigenvalue weighted by Gasteiger charge is -2.26. The van der Waals surface area contributed by atoms with Crippen molar-refractivity contribution in [1.82, 2.24) is 10.6 Å². The topological polar surface area (TPSA) is 70.6 Å². The number of fused-ring (bicyclic) bond motifs is 1. The highest BCUT2D eigenvalue weighted by Crippen LogP contribution is 2.35. The third-order valence-corrected chi connectivity index (χ3v) is 7.40. The molecule has 40 heavy (non-hydrogen) atoms. The molecule has 1 amide bonds. The Morgan fingerprint density at radius 2 is 1.75 bits per heavy atom. The van der Waals surface area contributed by atoms with Gasteiger partial charge in [-0.15, -0.1) is 0 Å². The Bertz CT molecular complexity index is 1320. The molecule has 0 spiro atoms. The van der Waals surface area contributed by atoms with Crippen LogP contribution in [0.4, 0.5) is 8.78 Å². The maximum atomic E-state index is 13.9. The Morgan fingerprint density at radius 1 is 1.02 bits per heavy atom. The first-order valence-electron chi connectivity index (χ1n) is 13.3. The van der Waals surface area contributed by atoms with Gasteiger partial charge >= 0.3 is 0 Å². The zero-order valence-corrected chi connectivity index (χ0v) is 23.9. The van der Waals surface area contributed by atoms with Gasteiger partial charge in [-0.3, -0.25) is 4.79 Å². The zero-order chi connectivity index (χ0) is 28.7. The smallest absolute Gasteiger partial charge is 0.224 e. The molecule has 3 N–H and O–H groups in total. The lowest BCUT2D eigenvalue weighted by atomic mass is 9.99. The average molecular weight is 567 g/mol. The molecule has 0 unspecified atom stereocenters. The maximum absolute atomic E-state index is 13.9. The molecular formula is C32H36F2N2O3S. The lowest BCUT2D eigenvalue weighted by Crippen LogP contribution is -2.48. The molecule has 0 aromatic heterocycles. The summed E-state index contributed by atoms with van der Waals surface area (Å²) in [6.07, 6.45) is 1.07. The number of carbonyl (C=O) groups is 1. The van der Waals surface area contributed by atoms with Crippen molar-refractivity contribution in [3.8, 4) is 5.75 Å². The summed E-state index contributed by atoms with van der Waals surface area (Å²) in [6, 6.07) is 17.9. The summed E-state index contributed by atoms with van der Waals surface area (Å²) in [5.41, 5.74) is 4.26. The number of nitrogens with one attached hydrogen (secondary N) is 2. The van der Waals surface area contributed by atoms with E-state index in [9.17, 15) is 18.7 Å². The third kappa shape index (κ3) is 8.83. The first-order valence-corrected chi connectivity index (χ1v) is 14.5. The van der Waals surface area contributed by atoms with Gasteiger partial charge in [-0.05, 0) is 79.3 Å². The van der Waals surface area contributed by atoms with Crippen LogP contribution in [0.15, 0.2) is 72.9 Å². The summed E-state index contributed by atoms with van der Waals surface area (Å²) in [4.78, 5) is 12.8. The number of hydrogen-bond donors (Lipinski definition) is 3. The van der Waals surface area contributed by atoms with Crippen molar-refractivity contribution in [3.63, 3.8) is 0 Å². The van der Waals surface area contributed by atoms with Gasteiger partial charge in [0.1, 0.15) is 23.0 Å². The van der Waals surface area contributed by atoms with Gasteiger partial charge in [-0.2, -0.15) is 11.8 Å². The van der Waals surface area contributed by atoms with Crippen molar-refractivity contribution < 1.29 is 23.4 Å². The van der Waals surface area contributed by atoms with Crippen LogP contribution in [0.3, 0.4) is 0 Å². The summed E-state index contributed by atoms with van der Waals surface area (Å²) < 4.78 is 33.8. The first-order chi connectivity index (χ1) is 19.1. The quantitative estimate of drug-likeness (QED) is 0.296. The zero-order valence-electron chi connectivity index (χ0n) is 23.0. The minimum atomic E-state index is -1.02. The monoisotopic (exact) mass is 566 g/mol. The molecule has 4 rings (SSSR count). The molecule has 0 fully saturated rings. The number of thioether (sulfide) groups is 1. The van der Waals surface area contributed by atoms with Gasteiger partial charge in [0.15, 0.2) is 0 Å². The molecular weight excluding hydrogens is 530 g/mol.